The first-order valence-corrected chi connectivity index (χ1v) is 14.0. The molecular weight excluding hydrogens is 512 g/mol. The summed E-state index contributed by atoms with van der Waals surface area (Å²) >= 11 is 0. The molecule has 0 atom stereocenters. The van der Waals surface area contributed by atoms with Crippen molar-refractivity contribution < 1.29 is 19.1 Å². The molecule has 0 aliphatic rings. The van der Waals surface area contributed by atoms with Crippen LogP contribution in [0.2, 0.25) is 0 Å². The molecule has 0 bridgehead atoms. The number of benzene rings is 4. The van der Waals surface area contributed by atoms with Crippen LogP contribution in [0.3, 0.4) is 0 Å². The number of para-hydroxylation sites is 2. The van der Waals surface area contributed by atoms with Gasteiger partial charge in [0.05, 0.1) is 6.61 Å². The fraction of sp³-hybridized carbons (Fsp3) is 0.257. The van der Waals surface area contributed by atoms with Crippen LogP contribution in [0.25, 0.3) is 0 Å². The fourth-order valence-corrected chi connectivity index (χ4v) is 3.91. The third-order valence-corrected chi connectivity index (χ3v) is 6.27. The Morgan fingerprint density at radius 1 is 0.585 bits per heavy atom. The van der Waals surface area contributed by atoms with Crippen LogP contribution in [0.5, 0.6) is 0 Å². The second-order valence-electron chi connectivity index (χ2n) is 10.2. The highest BCUT2D eigenvalue weighted by atomic mass is 16.6. The lowest BCUT2D eigenvalue weighted by Crippen LogP contribution is -2.15. The van der Waals surface area contributed by atoms with Crippen LogP contribution in [0.15, 0.2) is 109 Å². The lowest BCUT2D eigenvalue weighted by atomic mass is 10.00. The van der Waals surface area contributed by atoms with E-state index in [9.17, 15) is 9.59 Å². The van der Waals surface area contributed by atoms with Crippen LogP contribution in [-0.2, 0) is 22.5 Å². The smallest absolute Gasteiger partial charge is 0.411 e. The fourth-order valence-electron chi connectivity index (χ4n) is 3.91. The molecule has 0 aliphatic heterocycles. The van der Waals surface area contributed by atoms with E-state index in [1.54, 1.807) is 0 Å². The Morgan fingerprint density at radius 2 is 1.05 bits per heavy atom. The second-order valence-corrected chi connectivity index (χ2v) is 10.2. The highest BCUT2D eigenvalue weighted by Gasteiger charge is 2.06. The number of anilines is 2. The molecule has 4 aromatic carbocycles. The highest BCUT2D eigenvalue weighted by Crippen LogP contribution is 2.17. The van der Waals surface area contributed by atoms with Gasteiger partial charge in [-0.3, -0.25) is 10.6 Å². The third kappa shape index (κ3) is 11.6. The zero-order valence-corrected chi connectivity index (χ0v) is 24.3. The largest absolute Gasteiger partial charge is 0.449 e. The first kappa shape index (κ1) is 31.0. The van der Waals surface area contributed by atoms with Crippen LogP contribution < -0.4 is 10.6 Å². The molecule has 6 heteroatoms. The zero-order chi connectivity index (χ0) is 29.5. The molecule has 0 unspecified atom stereocenters. The van der Waals surface area contributed by atoms with Crippen molar-refractivity contribution in [3.05, 3.63) is 131 Å². The van der Waals surface area contributed by atoms with Gasteiger partial charge in [-0.05, 0) is 58.4 Å². The van der Waals surface area contributed by atoms with Gasteiger partial charge in [-0.2, -0.15) is 0 Å². The maximum atomic E-state index is 11.7. The molecular formula is C35H40N2O4. The number of hydrogen-bond donors (Lipinski definition) is 2. The van der Waals surface area contributed by atoms with Crippen molar-refractivity contribution >= 4 is 23.6 Å². The minimum absolute atomic E-state index is 0.277. The summed E-state index contributed by atoms with van der Waals surface area (Å²) in [5.41, 5.74) is 6.21. The maximum absolute atomic E-state index is 11.7. The van der Waals surface area contributed by atoms with Crippen LogP contribution in [0.4, 0.5) is 21.0 Å². The summed E-state index contributed by atoms with van der Waals surface area (Å²) in [6.45, 7) is 9.27. The van der Waals surface area contributed by atoms with E-state index in [0.29, 0.717) is 18.4 Å². The number of hydrogen-bond acceptors (Lipinski definition) is 4. The molecule has 0 radical (unpaired) electrons. The van der Waals surface area contributed by atoms with Crippen molar-refractivity contribution in [1.29, 1.82) is 0 Å². The number of nitrogens with one attached hydrogen (secondary N) is 2. The molecule has 0 aliphatic carbocycles. The SMILES string of the molecule is CC(C)c1cccc(CCOC(=O)Nc2ccccc2)c1.CC(C)c1cccc(COC(=O)Nc2ccccc2)c1. The van der Waals surface area contributed by atoms with E-state index in [1.165, 1.54) is 16.7 Å². The molecule has 0 saturated carbocycles. The Morgan fingerprint density at radius 3 is 1.56 bits per heavy atom. The van der Waals surface area contributed by atoms with E-state index < -0.39 is 12.2 Å². The van der Waals surface area contributed by atoms with Gasteiger partial charge in [0, 0.05) is 17.8 Å². The van der Waals surface area contributed by atoms with Gasteiger partial charge in [0.1, 0.15) is 6.61 Å². The molecule has 214 valence electrons. The third-order valence-electron chi connectivity index (χ3n) is 6.27. The standard InChI is InChI=1S/C18H21NO2.C17H19NO2/c1-14(2)16-8-6-7-15(13-16)11-12-21-18(20)19-17-9-4-3-5-10-17;1-13(2)15-8-6-7-14(11-15)12-20-17(19)18-16-9-4-3-5-10-16/h3-10,13-14H,11-12H2,1-2H3,(H,19,20);3-11,13H,12H2,1-2H3,(H,18,19). The van der Waals surface area contributed by atoms with Crippen molar-refractivity contribution in [2.45, 2.75) is 52.6 Å². The van der Waals surface area contributed by atoms with Gasteiger partial charge < -0.3 is 9.47 Å². The summed E-state index contributed by atoms with van der Waals surface area (Å²) in [5, 5.41) is 5.39. The van der Waals surface area contributed by atoms with Gasteiger partial charge in [-0.15, -0.1) is 0 Å². The van der Waals surface area contributed by atoms with Crippen molar-refractivity contribution in [3.63, 3.8) is 0 Å². The van der Waals surface area contributed by atoms with Crippen LogP contribution in [0.1, 0.15) is 61.8 Å². The number of ether oxygens (including phenoxy) is 2. The summed E-state index contributed by atoms with van der Waals surface area (Å²) < 4.78 is 10.4. The summed E-state index contributed by atoms with van der Waals surface area (Å²) in [5.74, 6) is 0.973. The lowest BCUT2D eigenvalue weighted by Gasteiger charge is -2.09. The predicted octanol–water partition coefficient (Wildman–Crippen LogP) is 9.16. The predicted molar refractivity (Wildman–Crippen MR) is 166 cm³/mol. The minimum atomic E-state index is -0.439. The lowest BCUT2D eigenvalue weighted by molar-refractivity contribution is 0.155. The van der Waals surface area contributed by atoms with E-state index >= 15 is 0 Å². The van der Waals surface area contributed by atoms with Gasteiger partial charge in [-0.25, -0.2) is 9.59 Å². The van der Waals surface area contributed by atoms with Crippen molar-refractivity contribution in [2.24, 2.45) is 0 Å². The molecule has 41 heavy (non-hydrogen) atoms. The van der Waals surface area contributed by atoms with Gasteiger partial charge in [0.25, 0.3) is 0 Å². The van der Waals surface area contributed by atoms with Crippen LogP contribution in [0, 0.1) is 0 Å². The van der Waals surface area contributed by atoms with E-state index in [0.717, 1.165) is 23.4 Å². The number of carbonyl (C=O) groups excluding carboxylic acids is 2. The summed E-state index contributed by atoms with van der Waals surface area (Å²) in [4.78, 5) is 23.3. The van der Waals surface area contributed by atoms with E-state index in [2.05, 4.69) is 74.7 Å². The van der Waals surface area contributed by atoms with E-state index in [4.69, 9.17) is 9.47 Å². The molecule has 0 fully saturated rings. The highest BCUT2D eigenvalue weighted by molar-refractivity contribution is 5.85. The van der Waals surface area contributed by atoms with Crippen molar-refractivity contribution in [3.8, 4) is 0 Å². The molecule has 0 saturated heterocycles. The molecule has 0 spiro atoms. The first-order valence-electron chi connectivity index (χ1n) is 14.0. The topological polar surface area (TPSA) is 76.7 Å². The Balaban J connectivity index is 0.000000226. The van der Waals surface area contributed by atoms with Crippen LogP contribution >= 0.6 is 0 Å². The molecule has 4 aromatic rings. The van der Waals surface area contributed by atoms with Gasteiger partial charge in [-0.1, -0.05) is 113 Å². The molecule has 6 nitrogen and oxygen atoms in total. The Bertz CT molecular complexity index is 1350. The Hall–Kier alpha value is -4.58. The normalized spacial score (nSPS) is 10.4. The van der Waals surface area contributed by atoms with Gasteiger partial charge in [0.2, 0.25) is 0 Å². The van der Waals surface area contributed by atoms with E-state index in [1.807, 2.05) is 72.8 Å². The maximum Gasteiger partial charge on any atom is 0.411 e. The monoisotopic (exact) mass is 552 g/mol. The van der Waals surface area contributed by atoms with Gasteiger partial charge in [0.15, 0.2) is 0 Å². The number of amides is 2. The summed E-state index contributed by atoms with van der Waals surface area (Å²) in [6, 6.07) is 35.1. The zero-order valence-electron chi connectivity index (χ0n) is 24.3. The molecule has 0 heterocycles. The summed E-state index contributed by atoms with van der Waals surface area (Å²) in [7, 11) is 0. The molecule has 4 rings (SSSR count). The van der Waals surface area contributed by atoms with E-state index in [-0.39, 0.29) is 6.61 Å². The number of carbonyl (C=O) groups is 2. The quantitative estimate of drug-likeness (QED) is 0.217. The second kappa shape index (κ2) is 16.5. The Labute approximate surface area is 243 Å². The molecule has 2 N–H and O–H groups in total. The Kier molecular flexibility index (Phi) is 12.5. The average Bonchev–Trinajstić information content (AvgIpc) is 2.98. The van der Waals surface area contributed by atoms with Gasteiger partial charge >= 0.3 is 12.2 Å². The molecule has 0 aromatic heterocycles. The average molecular weight is 553 g/mol. The first-order chi connectivity index (χ1) is 19.8. The van der Waals surface area contributed by atoms with Crippen molar-refractivity contribution in [2.75, 3.05) is 17.2 Å². The summed E-state index contributed by atoms with van der Waals surface area (Å²) in [6.07, 6.45) is -0.129. The van der Waals surface area contributed by atoms with Crippen molar-refractivity contribution in [1.82, 2.24) is 0 Å². The number of rotatable bonds is 9. The minimum Gasteiger partial charge on any atom is -0.449 e. The van der Waals surface area contributed by atoms with Crippen LogP contribution in [-0.4, -0.2) is 18.8 Å². The molecule has 2 amide bonds.